The van der Waals surface area contributed by atoms with Crippen LogP contribution in [0, 0.1) is 0 Å². The highest BCUT2D eigenvalue weighted by Crippen LogP contribution is 2.30. The number of ether oxygens (including phenoxy) is 1. The fraction of sp³-hybridized carbons (Fsp3) is 0.545. The van der Waals surface area contributed by atoms with Crippen molar-refractivity contribution in [2.75, 3.05) is 31.7 Å². The van der Waals surface area contributed by atoms with Crippen LogP contribution in [0.15, 0.2) is 11.4 Å². The van der Waals surface area contributed by atoms with E-state index in [1.807, 2.05) is 13.8 Å². The van der Waals surface area contributed by atoms with Crippen LogP contribution in [0.3, 0.4) is 0 Å². The summed E-state index contributed by atoms with van der Waals surface area (Å²) in [4.78, 5) is 21.5. The van der Waals surface area contributed by atoms with Crippen molar-refractivity contribution in [3.63, 3.8) is 0 Å². The Morgan fingerprint density at radius 1 is 1.44 bits per heavy atom. The minimum atomic E-state index is 0.0734. The monoisotopic (exact) mass is 270 g/mol. The third-order valence-electron chi connectivity index (χ3n) is 2.45. The fourth-order valence-electron chi connectivity index (χ4n) is 1.46. The lowest BCUT2D eigenvalue weighted by Crippen LogP contribution is -2.31. The Labute approximate surface area is 111 Å². The number of hydrogen-bond acceptors (Lipinski definition) is 6. The van der Waals surface area contributed by atoms with Crippen molar-refractivity contribution in [2.24, 2.45) is 0 Å². The Morgan fingerprint density at radius 3 is 2.67 bits per heavy atom. The van der Waals surface area contributed by atoms with E-state index in [1.54, 1.807) is 4.90 Å². The molecule has 0 saturated carbocycles. The Morgan fingerprint density at radius 2 is 2.11 bits per heavy atom. The Hall–Kier alpha value is -1.50. The molecule has 1 heterocycles. The molecule has 0 radical (unpaired) electrons. The summed E-state index contributed by atoms with van der Waals surface area (Å²) < 4.78 is 5.13. The lowest BCUT2D eigenvalue weighted by Gasteiger charge is -2.18. The first-order valence-electron chi connectivity index (χ1n) is 5.69. The summed E-state index contributed by atoms with van der Waals surface area (Å²) in [6, 6.07) is 0. The number of nitrogen functional groups attached to an aromatic ring is 1. The minimum absolute atomic E-state index is 0.0734. The van der Waals surface area contributed by atoms with E-state index < -0.39 is 0 Å². The van der Waals surface area contributed by atoms with E-state index in [1.165, 1.54) is 25.2 Å². The van der Waals surface area contributed by atoms with Gasteiger partial charge in [-0.05, 0) is 13.8 Å². The molecule has 0 saturated heterocycles. The van der Waals surface area contributed by atoms with Crippen molar-refractivity contribution >= 4 is 23.5 Å². The summed E-state index contributed by atoms with van der Waals surface area (Å²) >= 11 is 1.31. The van der Waals surface area contributed by atoms with E-state index in [0.717, 1.165) is 0 Å². The van der Waals surface area contributed by atoms with Gasteiger partial charge in [0.1, 0.15) is 11.4 Å². The number of nitrogens with two attached hydrogens (primary N) is 1. The second-order valence-corrected chi connectivity index (χ2v) is 4.42. The van der Waals surface area contributed by atoms with Crippen LogP contribution in [0.4, 0.5) is 5.82 Å². The lowest BCUT2D eigenvalue weighted by molar-refractivity contribution is -0.127. The zero-order valence-corrected chi connectivity index (χ0v) is 11.7. The van der Waals surface area contributed by atoms with Crippen molar-refractivity contribution in [2.45, 2.75) is 18.9 Å². The van der Waals surface area contributed by atoms with Gasteiger partial charge in [-0.2, -0.15) is 0 Å². The van der Waals surface area contributed by atoms with E-state index in [0.29, 0.717) is 29.6 Å². The molecule has 1 amide bonds. The summed E-state index contributed by atoms with van der Waals surface area (Å²) in [6.07, 6.45) is 1.36. The van der Waals surface area contributed by atoms with Crippen LogP contribution in [-0.4, -0.2) is 46.7 Å². The van der Waals surface area contributed by atoms with Crippen molar-refractivity contribution in [1.29, 1.82) is 0 Å². The number of aromatic nitrogens is 2. The Kier molecular flexibility index (Phi) is 5.70. The minimum Gasteiger partial charge on any atom is -0.490 e. The molecule has 0 atom stereocenters. The second kappa shape index (κ2) is 7.05. The normalized spacial score (nSPS) is 10.2. The maximum absolute atomic E-state index is 11.9. The third kappa shape index (κ3) is 3.49. The number of nitrogens with zero attached hydrogens (tertiary/aromatic N) is 3. The molecule has 1 rings (SSSR count). The molecule has 0 fully saturated rings. The maximum atomic E-state index is 11.9. The van der Waals surface area contributed by atoms with Gasteiger partial charge >= 0.3 is 0 Å². The number of hydrogen-bond donors (Lipinski definition) is 1. The summed E-state index contributed by atoms with van der Waals surface area (Å²) in [7, 11) is 1.51. The summed E-state index contributed by atoms with van der Waals surface area (Å²) in [5.41, 5.74) is 5.67. The van der Waals surface area contributed by atoms with Gasteiger partial charge in [-0.1, -0.05) is 11.8 Å². The molecular weight excluding hydrogens is 252 g/mol. The van der Waals surface area contributed by atoms with Gasteiger partial charge in [-0.3, -0.25) is 4.79 Å². The largest absolute Gasteiger partial charge is 0.490 e. The van der Waals surface area contributed by atoms with Crippen LogP contribution in [0.2, 0.25) is 0 Å². The number of carbonyl (C=O) groups excluding carboxylic acids is 1. The Bertz CT molecular complexity index is 410. The zero-order valence-electron chi connectivity index (χ0n) is 10.8. The number of rotatable bonds is 6. The van der Waals surface area contributed by atoms with Gasteiger partial charge in [0.05, 0.1) is 12.9 Å². The summed E-state index contributed by atoms with van der Waals surface area (Å²) in [5.74, 6) is 1.10. The van der Waals surface area contributed by atoms with Gasteiger partial charge in [0.25, 0.3) is 0 Å². The molecule has 0 bridgehead atoms. The molecule has 0 aliphatic carbocycles. The molecule has 6 nitrogen and oxygen atoms in total. The average Bonchev–Trinajstić information content (AvgIpc) is 2.37. The molecule has 0 unspecified atom stereocenters. The molecule has 1 aromatic heterocycles. The number of anilines is 1. The molecule has 7 heteroatoms. The SMILES string of the molecule is CCN(CC)C(=O)CSc1ncnc(N)c1OC. The highest BCUT2D eigenvalue weighted by Gasteiger charge is 2.14. The predicted molar refractivity (Wildman–Crippen MR) is 71.6 cm³/mol. The maximum Gasteiger partial charge on any atom is 0.232 e. The first-order chi connectivity index (χ1) is 8.63. The molecule has 18 heavy (non-hydrogen) atoms. The van der Waals surface area contributed by atoms with Gasteiger partial charge in [0.15, 0.2) is 11.6 Å². The van der Waals surface area contributed by atoms with E-state index in [2.05, 4.69) is 9.97 Å². The zero-order chi connectivity index (χ0) is 13.5. The first-order valence-corrected chi connectivity index (χ1v) is 6.67. The highest BCUT2D eigenvalue weighted by molar-refractivity contribution is 8.00. The topological polar surface area (TPSA) is 81.3 Å². The first kappa shape index (κ1) is 14.6. The van der Waals surface area contributed by atoms with Crippen molar-refractivity contribution in [3.8, 4) is 5.75 Å². The van der Waals surface area contributed by atoms with Gasteiger partial charge in [0, 0.05) is 13.1 Å². The number of carbonyl (C=O) groups is 1. The number of amides is 1. The molecule has 1 aromatic rings. The standard InChI is InChI=1S/C11H18N4O2S/c1-4-15(5-2)8(16)6-18-11-9(17-3)10(12)13-7-14-11/h7H,4-6H2,1-3H3,(H2,12,13,14). The van der Waals surface area contributed by atoms with Crippen LogP contribution in [0.25, 0.3) is 0 Å². The Balaban J connectivity index is 2.69. The van der Waals surface area contributed by atoms with E-state index in [-0.39, 0.29) is 11.7 Å². The van der Waals surface area contributed by atoms with Crippen LogP contribution in [-0.2, 0) is 4.79 Å². The van der Waals surface area contributed by atoms with Gasteiger partial charge in [0.2, 0.25) is 5.91 Å². The van der Waals surface area contributed by atoms with E-state index >= 15 is 0 Å². The third-order valence-corrected chi connectivity index (χ3v) is 3.41. The van der Waals surface area contributed by atoms with Crippen molar-refractivity contribution in [3.05, 3.63) is 6.33 Å². The molecule has 0 spiro atoms. The van der Waals surface area contributed by atoms with Gasteiger partial charge < -0.3 is 15.4 Å². The highest BCUT2D eigenvalue weighted by atomic mass is 32.2. The van der Waals surface area contributed by atoms with Crippen LogP contribution in [0.5, 0.6) is 5.75 Å². The van der Waals surface area contributed by atoms with Gasteiger partial charge in [-0.15, -0.1) is 0 Å². The molecule has 2 N–H and O–H groups in total. The van der Waals surface area contributed by atoms with Crippen LogP contribution < -0.4 is 10.5 Å². The summed E-state index contributed by atoms with van der Waals surface area (Å²) in [5, 5.41) is 0.588. The molecule has 0 aliphatic rings. The lowest BCUT2D eigenvalue weighted by atomic mass is 10.5. The van der Waals surface area contributed by atoms with E-state index in [9.17, 15) is 4.79 Å². The van der Waals surface area contributed by atoms with Crippen molar-refractivity contribution < 1.29 is 9.53 Å². The fourth-order valence-corrected chi connectivity index (χ4v) is 2.35. The molecular formula is C11H18N4O2S. The second-order valence-electron chi connectivity index (χ2n) is 3.45. The molecule has 0 aromatic carbocycles. The number of thioether (sulfide) groups is 1. The average molecular weight is 270 g/mol. The molecule has 0 aliphatic heterocycles. The quantitative estimate of drug-likeness (QED) is 0.614. The summed E-state index contributed by atoms with van der Waals surface area (Å²) in [6.45, 7) is 5.32. The predicted octanol–water partition coefficient (Wildman–Crippen LogP) is 1.03. The molecule has 100 valence electrons. The number of methoxy groups -OCH3 is 1. The smallest absolute Gasteiger partial charge is 0.232 e. The van der Waals surface area contributed by atoms with Gasteiger partial charge in [-0.25, -0.2) is 9.97 Å². The van der Waals surface area contributed by atoms with Crippen LogP contribution >= 0.6 is 11.8 Å². The van der Waals surface area contributed by atoms with Crippen molar-refractivity contribution in [1.82, 2.24) is 14.9 Å². The van der Waals surface area contributed by atoms with Crippen LogP contribution in [0.1, 0.15) is 13.8 Å². The van der Waals surface area contributed by atoms with E-state index in [4.69, 9.17) is 10.5 Å².